The predicted molar refractivity (Wildman–Crippen MR) is 158 cm³/mol. The number of rotatable bonds is 8. The number of benzene rings is 3. The second kappa shape index (κ2) is 13.3. The van der Waals surface area contributed by atoms with Crippen LogP contribution in [0.1, 0.15) is 49.8 Å². The summed E-state index contributed by atoms with van der Waals surface area (Å²) in [7, 11) is 1.67. The van der Waals surface area contributed by atoms with Crippen LogP contribution in [0.2, 0.25) is 0 Å². The number of nitrogens with one attached hydrogen (secondary N) is 2. The molecular weight excluding hydrogens is 516 g/mol. The molecule has 0 aliphatic carbocycles. The number of piperidine rings is 1. The van der Waals surface area contributed by atoms with Crippen molar-refractivity contribution in [1.29, 1.82) is 5.26 Å². The van der Waals surface area contributed by atoms with E-state index in [0.29, 0.717) is 25.2 Å². The molecule has 1 aliphatic heterocycles. The zero-order valence-electron chi connectivity index (χ0n) is 24.1. The number of methoxy groups -OCH3 is 1. The van der Waals surface area contributed by atoms with Crippen molar-refractivity contribution in [2.75, 3.05) is 26.7 Å². The topological polar surface area (TPSA) is 104 Å². The van der Waals surface area contributed by atoms with Gasteiger partial charge in [0, 0.05) is 37.2 Å². The van der Waals surface area contributed by atoms with E-state index in [1.807, 2.05) is 59.5 Å². The number of carbonyl (C=O) groups is 2. The van der Waals surface area contributed by atoms with Crippen LogP contribution in [0.25, 0.3) is 11.1 Å². The number of hydrogen-bond donors (Lipinski definition) is 2. The molecule has 1 aliphatic rings. The van der Waals surface area contributed by atoms with Crippen LogP contribution in [0.15, 0.2) is 72.8 Å². The molecule has 41 heavy (non-hydrogen) atoms. The van der Waals surface area contributed by atoms with Gasteiger partial charge in [0.1, 0.15) is 17.9 Å². The van der Waals surface area contributed by atoms with Crippen LogP contribution in [0.5, 0.6) is 5.75 Å². The SMILES string of the molecule is COc1ccc(-c2ccc(C#N)cc2)cc1CN[C@H]1CCN(C(=O)CNC(=O)OC(C)(C)C)C[C@H]1c1ccccc1. The number of nitrogens with zero attached hydrogens (tertiary/aromatic N) is 2. The summed E-state index contributed by atoms with van der Waals surface area (Å²) in [5, 5.41) is 15.5. The summed E-state index contributed by atoms with van der Waals surface area (Å²) in [5.41, 5.74) is 4.26. The standard InChI is InChI=1S/C33H38N4O4/c1-33(2,3)41-32(39)36-21-31(38)37-17-16-29(28(22-37)25-8-6-5-7-9-25)35-20-27-18-26(14-15-30(27)40-4)24-12-10-23(19-34)11-13-24/h5-15,18,28-29,35H,16-17,20-22H2,1-4H3,(H,36,39)/t28-,29-/m0/s1. The molecule has 0 radical (unpaired) electrons. The molecule has 0 bridgehead atoms. The lowest BCUT2D eigenvalue weighted by atomic mass is 9.85. The van der Waals surface area contributed by atoms with Crippen molar-refractivity contribution in [3.8, 4) is 22.9 Å². The van der Waals surface area contributed by atoms with Gasteiger partial charge in [-0.05, 0) is 68.1 Å². The Labute approximate surface area is 242 Å². The first-order valence-corrected chi connectivity index (χ1v) is 13.9. The van der Waals surface area contributed by atoms with Crippen LogP contribution in [0.4, 0.5) is 4.79 Å². The van der Waals surface area contributed by atoms with E-state index in [-0.39, 0.29) is 24.4 Å². The van der Waals surface area contributed by atoms with Crippen molar-refractivity contribution in [2.24, 2.45) is 0 Å². The normalized spacial score (nSPS) is 16.9. The highest BCUT2D eigenvalue weighted by molar-refractivity contribution is 5.82. The fourth-order valence-corrected chi connectivity index (χ4v) is 5.11. The van der Waals surface area contributed by atoms with E-state index in [1.165, 1.54) is 0 Å². The Morgan fingerprint density at radius 2 is 1.73 bits per heavy atom. The van der Waals surface area contributed by atoms with Gasteiger partial charge >= 0.3 is 6.09 Å². The molecular formula is C33H38N4O4. The monoisotopic (exact) mass is 554 g/mol. The molecule has 3 aromatic carbocycles. The molecule has 214 valence electrons. The minimum Gasteiger partial charge on any atom is -0.496 e. The van der Waals surface area contributed by atoms with Gasteiger partial charge in [0.05, 0.1) is 18.7 Å². The van der Waals surface area contributed by atoms with Crippen LogP contribution in [-0.4, -0.2) is 55.3 Å². The number of likely N-dealkylation sites (tertiary alicyclic amines) is 1. The third kappa shape index (κ3) is 8.09. The van der Waals surface area contributed by atoms with Crippen LogP contribution < -0.4 is 15.4 Å². The molecule has 2 amide bonds. The van der Waals surface area contributed by atoms with E-state index in [9.17, 15) is 9.59 Å². The fraction of sp³-hybridized carbons (Fsp3) is 0.364. The maximum absolute atomic E-state index is 13.0. The molecule has 4 rings (SSSR count). The largest absolute Gasteiger partial charge is 0.496 e. The van der Waals surface area contributed by atoms with Gasteiger partial charge in [-0.15, -0.1) is 0 Å². The first kappa shape index (κ1) is 29.6. The van der Waals surface area contributed by atoms with Gasteiger partial charge in [-0.3, -0.25) is 4.79 Å². The molecule has 1 saturated heterocycles. The quantitative estimate of drug-likeness (QED) is 0.395. The van der Waals surface area contributed by atoms with E-state index in [4.69, 9.17) is 14.7 Å². The molecule has 0 saturated carbocycles. The van der Waals surface area contributed by atoms with Gasteiger partial charge in [0.15, 0.2) is 0 Å². The molecule has 0 aromatic heterocycles. The third-order valence-corrected chi connectivity index (χ3v) is 7.16. The second-order valence-corrected chi connectivity index (χ2v) is 11.2. The first-order chi connectivity index (χ1) is 19.7. The van der Waals surface area contributed by atoms with Crippen molar-refractivity contribution in [1.82, 2.24) is 15.5 Å². The summed E-state index contributed by atoms with van der Waals surface area (Å²) in [6.07, 6.45) is 0.161. The summed E-state index contributed by atoms with van der Waals surface area (Å²) in [5.74, 6) is 0.738. The Morgan fingerprint density at radius 3 is 2.39 bits per heavy atom. The highest BCUT2D eigenvalue weighted by atomic mass is 16.6. The summed E-state index contributed by atoms with van der Waals surface area (Å²) < 4.78 is 10.9. The van der Waals surface area contributed by atoms with Crippen molar-refractivity contribution >= 4 is 12.0 Å². The molecule has 1 heterocycles. The third-order valence-electron chi connectivity index (χ3n) is 7.16. The number of alkyl carbamates (subject to hydrolysis) is 1. The van der Waals surface area contributed by atoms with Crippen molar-refractivity contribution in [2.45, 2.75) is 51.3 Å². The van der Waals surface area contributed by atoms with Crippen LogP contribution in [0.3, 0.4) is 0 Å². The Balaban J connectivity index is 1.46. The average molecular weight is 555 g/mol. The molecule has 1 fully saturated rings. The molecule has 8 nitrogen and oxygen atoms in total. The van der Waals surface area contributed by atoms with Gasteiger partial charge in [-0.2, -0.15) is 5.26 Å². The van der Waals surface area contributed by atoms with Crippen molar-refractivity contribution in [3.05, 3.63) is 89.5 Å². The number of amides is 2. The minimum absolute atomic E-state index is 0.0723. The number of ether oxygens (including phenoxy) is 2. The second-order valence-electron chi connectivity index (χ2n) is 11.2. The molecule has 0 spiro atoms. The molecule has 2 N–H and O–H groups in total. The van der Waals surface area contributed by atoms with Gasteiger partial charge in [-0.25, -0.2) is 4.79 Å². The average Bonchev–Trinajstić information content (AvgIpc) is 2.98. The predicted octanol–water partition coefficient (Wildman–Crippen LogP) is 5.23. The van der Waals surface area contributed by atoms with Crippen LogP contribution in [0, 0.1) is 11.3 Å². The van der Waals surface area contributed by atoms with Gasteiger partial charge in [0.2, 0.25) is 5.91 Å². The molecule has 0 unspecified atom stereocenters. The minimum atomic E-state index is -0.625. The molecule has 8 heteroatoms. The lowest BCUT2D eigenvalue weighted by molar-refractivity contribution is -0.131. The van der Waals surface area contributed by atoms with E-state index in [0.717, 1.165) is 34.4 Å². The van der Waals surface area contributed by atoms with E-state index in [2.05, 4.69) is 34.9 Å². The Kier molecular flexibility index (Phi) is 9.64. The summed E-state index contributed by atoms with van der Waals surface area (Å²) in [4.78, 5) is 26.9. The lowest BCUT2D eigenvalue weighted by Gasteiger charge is -2.39. The van der Waals surface area contributed by atoms with Crippen LogP contribution >= 0.6 is 0 Å². The highest BCUT2D eigenvalue weighted by Gasteiger charge is 2.32. The molecule has 3 aromatic rings. The maximum Gasteiger partial charge on any atom is 0.408 e. The first-order valence-electron chi connectivity index (χ1n) is 13.9. The maximum atomic E-state index is 13.0. The Hall–Kier alpha value is -4.35. The summed E-state index contributed by atoms with van der Waals surface area (Å²) in [6, 6.07) is 26.1. The van der Waals surface area contributed by atoms with Gasteiger partial charge < -0.3 is 25.0 Å². The zero-order valence-corrected chi connectivity index (χ0v) is 24.1. The zero-order chi connectivity index (χ0) is 29.4. The summed E-state index contributed by atoms with van der Waals surface area (Å²) >= 11 is 0. The Morgan fingerprint density at radius 1 is 1.02 bits per heavy atom. The highest BCUT2D eigenvalue weighted by Crippen LogP contribution is 2.30. The van der Waals surface area contributed by atoms with Gasteiger partial charge in [-0.1, -0.05) is 48.5 Å². The molecule has 2 atom stereocenters. The van der Waals surface area contributed by atoms with E-state index < -0.39 is 11.7 Å². The number of hydrogen-bond acceptors (Lipinski definition) is 6. The fourth-order valence-electron chi connectivity index (χ4n) is 5.11. The number of carbonyl (C=O) groups excluding carboxylic acids is 2. The van der Waals surface area contributed by atoms with Crippen LogP contribution in [-0.2, 0) is 16.1 Å². The van der Waals surface area contributed by atoms with E-state index in [1.54, 1.807) is 27.9 Å². The Bertz CT molecular complexity index is 1380. The van der Waals surface area contributed by atoms with Crippen molar-refractivity contribution in [3.63, 3.8) is 0 Å². The number of nitriles is 1. The van der Waals surface area contributed by atoms with Crippen molar-refractivity contribution < 1.29 is 19.1 Å². The summed E-state index contributed by atoms with van der Waals surface area (Å²) in [6.45, 7) is 6.97. The smallest absolute Gasteiger partial charge is 0.408 e. The van der Waals surface area contributed by atoms with Gasteiger partial charge in [0.25, 0.3) is 0 Å². The lowest BCUT2D eigenvalue weighted by Crippen LogP contribution is -2.52. The van der Waals surface area contributed by atoms with E-state index >= 15 is 0 Å².